The monoisotopic (exact) mass is 266 g/mol. The Labute approximate surface area is 118 Å². The Bertz CT molecular complexity index is 787. The van der Waals surface area contributed by atoms with Crippen molar-refractivity contribution in [1.82, 2.24) is 14.8 Å². The average Bonchev–Trinajstić information content (AvgIpc) is 2.78. The fourth-order valence-electron chi connectivity index (χ4n) is 2.41. The van der Waals surface area contributed by atoms with Crippen molar-refractivity contribution < 1.29 is 0 Å². The number of benzene rings is 1. The molecule has 0 unspecified atom stereocenters. The van der Waals surface area contributed by atoms with E-state index in [4.69, 9.17) is 5.73 Å². The van der Waals surface area contributed by atoms with Gasteiger partial charge < -0.3 is 5.73 Å². The summed E-state index contributed by atoms with van der Waals surface area (Å²) in [5, 5.41) is 5.71. The topological polar surface area (TPSA) is 56.7 Å². The van der Waals surface area contributed by atoms with Gasteiger partial charge in [-0.1, -0.05) is 12.1 Å². The van der Waals surface area contributed by atoms with Gasteiger partial charge in [-0.15, -0.1) is 0 Å². The highest BCUT2D eigenvalue weighted by molar-refractivity contribution is 5.80. The summed E-state index contributed by atoms with van der Waals surface area (Å²) in [6.45, 7) is 6.68. The van der Waals surface area contributed by atoms with Crippen LogP contribution in [0.15, 0.2) is 30.5 Å². The van der Waals surface area contributed by atoms with Crippen LogP contribution in [0.5, 0.6) is 0 Å². The molecule has 0 saturated heterocycles. The number of rotatable bonds is 2. The van der Waals surface area contributed by atoms with Crippen molar-refractivity contribution in [3.63, 3.8) is 0 Å². The van der Waals surface area contributed by atoms with E-state index in [0.717, 1.165) is 28.0 Å². The van der Waals surface area contributed by atoms with Crippen LogP contribution in [0.4, 0.5) is 0 Å². The van der Waals surface area contributed by atoms with E-state index in [-0.39, 0.29) is 0 Å². The molecule has 4 heteroatoms. The normalized spacial score (nSPS) is 11.2. The summed E-state index contributed by atoms with van der Waals surface area (Å²) >= 11 is 0. The molecule has 20 heavy (non-hydrogen) atoms. The number of nitrogens with two attached hydrogens (primary N) is 1. The summed E-state index contributed by atoms with van der Waals surface area (Å²) in [4.78, 5) is 4.54. The Morgan fingerprint density at radius 1 is 1.15 bits per heavy atom. The highest BCUT2D eigenvalue weighted by Crippen LogP contribution is 2.23. The quantitative estimate of drug-likeness (QED) is 0.776. The Kier molecular flexibility index (Phi) is 3.03. The van der Waals surface area contributed by atoms with Crippen molar-refractivity contribution in [3.8, 4) is 5.69 Å². The number of aromatic nitrogens is 3. The zero-order chi connectivity index (χ0) is 14.3. The first-order valence-electron chi connectivity index (χ1n) is 6.72. The van der Waals surface area contributed by atoms with Gasteiger partial charge in [-0.05, 0) is 49.6 Å². The summed E-state index contributed by atoms with van der Waals surface area (Å²) in [5.74, 6) is 0. The van der Waals surface area contributed by atoms with Gasteiger partial charge in [0.2, 0.25) is 0 Å². The predicted molar refractivity (Wildman–Crippen MR) is 81.0 cm³/mol. The maximum atomic E-state index is 5.69. The van der Waals surface area contributed by atoms with Crippen LogP contribution in [0.2, 0.25) is 0 Å². The van der Waals surface area contributed by atoms with Gasteiger partial charge in [0.15, 0.2) is 5.65 Å². The van der Waals surface area contributed by atoms with Crippen molar-refractivity contribution in [2.24, 2.45) is 5.73 Å². The Morgan fingerprint density at radius 3 is 2.70 bits per heavy atom. The molecule has 0 radical (unpaired) electrons. The van der Waals surface area contributed by atoms with Gasteiger partial charge >= 0.3 is 0 Å². The fraction of sp³-hybridized carbons (Fsp3) is 0.250. The van der Waals surface area contributed by atoms with Crippen LogP contribution in [-0.4, -0.2) is 14.8 Å². The fourth-order valence-corrected chi connectivity index (χ4v) is 2.41. The molecular weight excluding hydrogens is 248 g/mol. The van der Waals surface area contributed by atoms with Crippen LogP contribution in [0, 0.1) is 20.8 Å². The standard InChI is InChI=1S/C16H18N4/c1-10-4-5-11(2)15(6-10)20-16-14(12(3)19-20)7-13(8-17)9-18-16/h4-7,9H,8,17H2,1-3H3. The zero-order valence-corrected chi connectivity index (χ0v) is 12.0. The maximum Gasteiger partial charge on any atom is 0.163 e. The van der Waals surface area contributed by atoms with Crippen molar-refractivity contribution in [2.75, 3.05) is 0 Å². The van der Waals surface area contributed by atoms with E-state index < -0.39 is 0 Å². The van der Waals surface area contributed by atoms with E-state index in [9.17, 15) is 0 Å². The van der Waals surface area contributed by atoms with Gasteiger partial charge in [0.25, 0.3) is 0 Å². The molecule has 2 aromatic heterocycles. The summed E-state index contributed by atoms with van der Waals surface area (Å²) in [7, 11) is 0. The minimum absolute atomic E-state index is 0.497. The maximum absolute atomic E-state index is 5.69. The number of aryl methyl sites for hydroxylation is 3. The highest BCUT2D eigenvalue weighted by Gasteiger charge is 2.12. The lowest BCUT2D eigenvalue weighted by Gasteiger charge is -2.08. The molecule has 0 amide bonds. The molecule has 1 aromatic carbocycles. The number of hydrogen-bond acceptors (Lipinski definition) is 3. The average molecular weight is 266 g/mol. The molecule has 102 valence electrons. The van der Waals surface area contributed by atoms with Crippen LogP contribution >= 0.6 is 0 Å². The van der Waals surface area contributed by atoms with Gasteiger partial charge in [0, 0.05) is 18.1 Å². The third kappa shape index (κ3) is 1.98. The molecule has 0 fully saturated rings. The van der Waals surface area contributed by atoms with Crippen LogP contribution in [0.1, 0.15) is 22.4 Å². The molecule has 0 saturated carbocycles. The van der Waals surface area contributed by atoms with Gasteiger partial charge in [-0.2, -0.15) is 5.10 Å². The lowest BCUT2D eigenvalue weighted by Crippen LogP contribution is -2.02. The molecule has 0 aliphatic heterocycles. The Hall–Kier alpha value is -2.20. The molecule has 3 aromatic rings. The van der Waals surface area contributed by atoms with E-state index in [1.54, 1.807) is 0 Å². The molecule has 3 rings (SSSR count). The molecule has 0 aliphatic carbocycles. The second kappa shape index (κ2) is 4.72. The van der Waals surface area contributed by atoms with Crippen LogP contribution in [-0.2, 0) is 6.54 Å². The smallest absolute Gasteiger partial charge is 0.163 e. The molecule has 0 spiro atoms. The van der Waals surface area contributed by atoms with Gasteiger partial charge in [0.1, 0.15) is 0 Å². The van der Waals surface area contributed by atoms with E-state index in [1.165, 1.54) is 11.1 Å². The third-order valence-corrected chi connectivity index (χ3v) is 3.59. The number of nitrogens with zero attached hydrogens (tertiary/aromatic N) is 3. The molecule has 0 aliphatic rings. The lowest BCUT2D eigenvalue weighted by atomic mass is 10.1. The summed E-state index contributed by atoms with van der Waals surface area (Å²) in [5.41, 5.74) is 12.1. The van der Waals surface area contributed by atoms with E-state index in [0.29, 0.717) is 6.54 Å². The largest absolute Gasteiger partial charge is 0.326 e. The number of pyridine rings is 1. The molecule has 2 N–H and O–H groups in total. The number of fused-ring (bicyclic) bond motifs is 1. The lowest BCUT2D eigenvalue weighted by molar-refractivity contribution is 0.868. The molecular formula is C16H18N4. The molecule has 4 nitrogen and oxygen atoms in total. The summed E-state index contributed by atoms with van der Waals surface area (Å²) in [6, 6.07) is 8.44. The predicted octanol–water partition coefficient (Wildman–Crippen LogP) is 2.80. The second-order valence-electron chi connectivity index (χ2n) is 5.21. The van der Waals surface area contributed by atoms with Crippen molar-refractivity contribution in [3.05, 3.63) is 52.8 Å². The van der Waals surface area contributed by atoms with Gasteiger partial charge in [0.05, 0.1) is 11.4 Å². The first-order valence-corrected chi connectivity index (χ1v) is 6.72. The van der Waals surface area contributed by atoms with E-state index in [2.05, 4.69) is 48.2 Å². The van der Waals surface area contributed by atoms with Crippen molar-refractivity contribution >= 4 is 11.0 Å². The zero-order valence-electron chi connectivity index (χ0n) is 12.0. The third-order valence-electron chi connectivity index (χ3n) is 3.59. The van der Waals surface area contributed by atoms with Gasteiger partial charge in [-0.3, -0.25) is 0 Å². The first kappa shape index (κ1) is 12.8. The SMILES string of the molecule is Cc1ccc(C)c(-n2nc(C)c3cc(CN)cnc32)c1. The van der Waals surface area contributed by atoms with Crippen LogP contribution in [0.25, 0.3) is 16.7 Å². The second-order valence-corrected chi connectivity index (χ2v) is 5.21. The van der Waals surface area contributed by atoms with Gasteiger partial charge in [-0.25, -0.2) is 9.67 Å². The molecule has 2 heterocycles. The first-order chi connectivity index (χ1) is 9.60. The Morgan fingerprint density at radius 2 is 1.95 bits per heavy atom. The van der Waals surface area contributed by atoms with Crippen molar-refractivity contribution in [2.45, 2.75) is 27.3 Å². The van der Waals surface area contributed by atoms with E-state index in [1.807, 2.05) is 17.8 Å². The van der Waals surface area contributed by atoms with Crippen LogP contribution < -0.4 is 5.73 Å². The Balaban J connectivity index is 2.29. The molecule has 0 bridgehead atoms. The number of hydrogen-bond donors (Lipinski definition) is 1. The summed E-state index contributed by atoms with van der Waals surface area (Å²) < 4.78 is 1.92. The van der Waals surface area contributed by atoms with E-state index >= 15 is 0 Å². The highest BCUT2D eigenvalue weighted by atomic mass is 15.3. The molecule has 0 atom stereocenters. The summed E-state index contributed by atoms with van der Waals surface area (Å²) in [6.07, 6.45) is 1.82. The van der Waals surface area contributed by atoms with Crippen molar-refractivity contribution in [1.29, 1.82) is 0 Å². The minimum Gasteiger partial charge on any atom is -0.326 e. The van der Waals surface area contributed by atoms with Crippen LogP contribution in [0.3, 0.4) is 0 Å². The minimum atomic E-state index is 0.497.